The molecule has 0 aromatic heterocycles. The van der Waals surface area contributed by atoms with Gasteiger partial charge in [-0.05, 0) is 12.1 Å². The third-order valence-corrected chi connectivity index (χ3v) is 3.13. The lowest BCUT2D eigenvalue weighted by Gasteiger charge is -2.26. The van der Waals surface area contributed by atoms with Crippen molar-refractivity contribution in [2.45, 2.75) is 6.61 Å². The summed E-state index contributed by atoms with van der Waals surface area (Å²) in [6.07, 6.45) is -0.434. The number of rotatable bonds is 2. The zero-order valence-electron chi connectivity index (χ0n) is 9.79. The monoisotopic (exact) mass is 272 g/mol. The summed E-state index contributed by atoms with van der Waals surface area (Å²) in [6, 6.07) is 4.37. The molecule has 0 aliphatic carbocycles. The molecule has 0 saturated carbocycles. The molecule has 1 fully saturated rings. The van der Waals surface area contributed by atoms with E-state index < -0.39 is 11.9 Å². The number of halogens is 2. The Morgan fingerprint density at radius 1 is 1.44 bits per heavy atom. The van der Waals surface area contributed by atoms with Crippen LogP contribution in [-0.2, 0) is 11.3 Å². The minimum absolute atomic E-state index is 0.145. The smallest absolute Gasteiger partial charge is 0.410 e. The predicted molar refractivity (Wildman–Crippen MR) is 66.0 cm³/mol. The van der Waals surface area contributed by atoms with E-state index >= 15 is 0 Å². The fourth-order valence-corrected chi connectivity index (χ4v) is 1.96. The summed E-state index contributed by atoms with van der Waals surface area (Å²) >= 11 is 5.84. The maximum Gasteiger partial charge on any atom is 0.410 e. The lowest BCUT2D eigenvalue weighted by Crippen LogP contribution is -2.46. The first-order valence-electron chi connectivity index (χ1n) is 5.74. The first kappa shape index (κ1) is 13.1. The molecular weight excluding hydrogens is 259 g/mol. The highest BCUT2D eigenvalue weighted by Crippen LogP contribution is 2.20. The SMILES string of the molecule is O=C(OCc1c(F)cccc1Cl)N1CCNCC1. The number of piperazine rings is 1. The van der Waals surface area contributed by atoms with Gasteiger partial charge in [0.25, 0.3) is 0 Å². The number of amides is 1. The van der Waals surface area contributed by atoms with E-state index in [0.717, 1.165) is 13.1 Å². The topological polar surface area (TPSA) is 41.6 Å². The number of hydrogen-bond acceptors (Lipinski definition) is 3. The highest BCUT2D eigenvalue weighted by atomic mass is 35.5. The number of nitrogens with one attached hydrogen (secondary N) is 1. The van der Waals surface area contributed by atoms with E-state index in [4.69, 9.17) is 16.3 Å². The minimum atomic E-state index is -0.462. The van der Waals surface area contributed by atoms with Crippen molar-refractivity contribution in [1.82, 2.24) is 10.2 Å². The molecule has 1 aliphatic rings. The Hall–Kier alpha value is -1.33. The van der Waals surface area contributed by atoms with Crippen molar-refractivity contribution in [2.24, 2.45) is 0 Å². The van der Waals surface area contributed by atoms with Crippen molar-refractivity contribution in [2.75, 3.05) is 26.2 Å². The second-order valence-corrected chi connectivity index (χ2v) is 4.40. The number of hydrogen-bond donors (Lipinski definition) is 1. The maximum absolute atomic E-state index is 13.4. The Labute approximate surface area is 110 Å². The quantitative estimate of drug-likeness (QED) is 0.896. The number of carbonyl (C=O) groups is 1. The van der Waals surface area contributed by atoms with Crippen LogP contribution in [0.3, 0.4) is 0 Å². The fraction of sp³-hybridized carbons (Fsp3) is 0.417. The molecule has 0 atom stereocenters. The van der Waals surface area contributed by atoms with Crippen molar-refractivity contribution < 1.29 is 13.9 Å². The Morgan fingerprint density at radius 3 is 2.83 bits per heavy atom. The Kier molecular flexibility index (Phi) is 4.38. The van der Waals surface area contributed by atoms with Gasteiger partial charge in [0, 0.05) is 31.7 Å². The van der Waals surface area contributed by atoms with Crippen LogP contribution in [0.5, 0.6) is 0 Å². The van der Waals surface area contributed by atoms with Crippen LogP contribution in [0.25, 0.3) is 0 Å². The highest BCUT2D eigenvalue weighted by molar-refractivity contribution is 6.31. The van der Waals surface area contributed by atoms with E-state index in [1.165, 1.54) is 12.1 Å². The van der Waals surface area contributed by atoms with Gasteiger partial charge in [-0.15, -0.1) is 0 Å². The summed E-state index contributed by atoms with van der Waals surface area (Å²) in [5.74, 6) is -0.462. The van der Waals surface area contributed by atoms with Crippen molar-refractivity contribution in [3.05, 3.63) is 34.6 Å². The van der Waals surface area contributed by atoms with Gasteiger partial charge in [0.2, 0.25) is 0 Å². The van der Waals surface area contributed by atoms with Gasteiger partial charge in [0.05, 0.1) is 5.02 Å². The van der Waals surface area contributed by atoms with E-state index in [1.54, 1.807) is 11.0 Å². The highest BCUT2D eigenvalue weighted by Gasteiger charge is 2.18. The van der Waals surface area contributed by atoms with Gasteiger partial charge >= 0.3 is 6.09 Å². The predicted octanol–water partition coefficient (Wildman–Crippen LogP) is 2.02. The number of carbonyl (C=O) groups excluding carboxylic acids is 1. The summed E-state index contributed by atoms with van der Waals surface area (Å²) < 4.78 is 18.5. The minimum Gasteiger partial charge on any atom is -0.444 e. The molecule has 1 heterocycles. The molecule has 1 N–H and O–H groups in total. The molecule has 1 saturated heterocycles. The second kappa shape index (κ2) is 6.02. The van der Waals surface area contributed by atoms with E-state index in [0.29, 0.717) is 13.1 Å². The van der Waals surface area contributed by atoms with Gasteiger partial charge in [0.15, 0.2) is 0 Å². The van der Waals surface area contributed by atoms with Crippen LogP contribution < -0.4 is 5.32 Å². The summed E-state index contributed by atoms with van der Waals surface area (Å²) in [6.45, 7) is 2.55. The van der Waals surface area contributed by atoms with E-state index in [2.05, 4.69) is 5.32 Å². The van der Waals surface area contributed by atoms with Crippen LogP contribution in [0.15, 0.2) is 18.2 Å². The molecule has 0 spiro atoms. The Balaban J connectivity index is 1.92. The molecule has 98 valence electrons. The second-order valence-electron chi connectivity index (χ2n) is 3.99. The first-order chi connectivity index (χ1) is 8.68. The molecule has 4 nitrogen and oxygen atoms in total. The summed E-state index contributed by atoms with van der Waals surface area (Å²) in [5, 5.41) is 3.40. The lowest BCUT2D eigenvalue weighted by atomic mass is 10.2. The van der Waals surface area contributed by atoms with Crippen LogP contribution >= 0.6 is 11.6 Å². The number of benzene rings is 1. The molecule has 1 aromatic carbocycles. The summed E-state index contributed by atoms with van der Waals surface area (Å²) in [7, 11) is 0. The Morgan fingerprint density at radius 2 is 2.17 bits per heavy atom. The van der Waals surface area contributed by atoms with Gasteiger partial charge in [-0.1, -0.05) is 17.7 Å². The van der Waals surface area contributed by atoms with Crippen LogP contribution in [0.2, 0.25) is 5.02 Å². The third kappa shape index (κ3) is 3.11. The largest absolute Gasteiger partial charge is 0.444 e. The maximum atomic E-state index is 13.4. The molecule has 1 amide bonds. The molecule has 0 radical (unpaired) electrons. The third-order valence-electron chi connectivity index (χ3n) is 2.78. The van der Waals surface area contributed by atoms with Crippen molar-refractivity contribution in [1.29, 1.82) is 0 Å². The Bertz CT molecular complexity index is 416. The zero-order chi connectivity index (χ0) is 13.0. The van der Waals surface area contributed by atoms with Crippen LogP contribution in [0.1, 0.15) is 5.56 Å². The van der Waals surface area contributed by atoms with Gasteiger partial charge in [-0.25, -0.2) is 9.18 Å². The van der Waals surface area contributed by atoms with E-state index in [1.807, 2.05) is 0 Å². The molecule has 1 aliphatic heterocycles. The van der Waals surface area contributed by atoms with Crippen molar-refractivity contribution >= 4 is 17.7 Å². The standard InChI is InChI=1S/C12H14ClFN2O2/c13-10-2-1-3-11(14)9(10)8-18-12(17)16-6-4-15-5-7-16/h1-3,15H,4-8H2. The van der Waals surface area contributed by atoms with Crippen LogP contribution in [0, 0.1) is 5.82 Å². The van der Waals surface area contributed by atoms with Gasteiger partial charge in [0.1, 0.15) is 12.4 Å². The average molecular weight is 273 g/mol. The van der Waals surface area contributed by atoms with E-state index in [-0.39, 0.29) is 17.2 Å². The molecule has 6 heteroatoms. The van der Waals surface area contributed by atoms with Crippen molar-refractivity contribution in [3.63, 3.8) is 0 Å². The number of nitrogens with zero attached hydrogens (tertiary/aromatic N) is 1. The molecule has 0 unspecified atom stereocenters. The summed E-state index contributed by atoms with van der Waals surface area (Å²) in [5.41, 5.74) is 0.211. The van der Waals surface area contributed by atoms with E-state index in [9.17, 15) is 9.18 Å². The first-order valence-corrected chi connectivity index (χ1v) is 6.11. The summed E-state index contributed by atoms with van der Waals surface area (Å²) in [4.78, 5) is 13.3. The fourth-order valence-electron chi connectivity index (χ4n) is 1.74. The molecule has 1 aromatic rings. The average Bonchev–Trinajstić information content (AvgIpc) is 2.39. The lowest BCUT2D eigenvalue weighted by molar-refractivity contribution is 0.0910. The van der Waals surface area contributed by atoms with Crippen LogP contribution in [-0.4, -0.2) is 37.2 Å². The van der Waals surface area contributed by atoms with Gasteiger partial charge in [-0.3, -0.25) is 0 Å². The van der Waals surface area contributed by atoms with Gasteiger partial charge < -0.3 is 15.0 Å². The zero-order valence-corrected chi connectivity index (χ0v) is 10.5. The normalized spacial score (nSPS) is 15.6. The molecule has 0 bridgehead atoms. The molecule has 18 heavy (non-hydrogen) atoms. The number of ether oxygens (including phenoxy) is 1. The van der Waals surface area contributed by atoms with Crippen LogP contribution in [0.4, 0.5) is 9.18 Å². The van der Waals surface area contributed by atoms with Gasteiger partial charge in [-0.2, -0.15) is 0 Å². The van der Waals surface area contributed by atoms with Crippen molar-refractivity contribution in [3.8, 4) is 0 Å². The molecular formula is C12H14ClFN2O2. The molecule has 2 rings (SSSR count).